The van der Waals surface area contributed by atoms with Crippen LogP contribution in [0.25, 0.3) is 0 Å². The summed E-state index contributed by atoms with van der Waals surface area (Å²) < 4.78 is 34.1. The molecule has 0 spiro atoms. The molecule has 0 aliphatic heterocycles. The fourth-order valence-corrected chi connectivity index (χ4v) is 1.13. The Morgan fingerprint density at radius 1 is 1.19 bits per heavy atom. The second-order valence-electron chi connectivity index (χ2n) is 4.39. The van der Waals surface area contributed by atoms with Crippen molar-refractivity contribution >= 4 is 0 Å². The largest absolute Gasteiger partial charge is 0.434 e. The van der Waals surface area contributed by atoms with Gasteiger partial charge < -0.3 is 9.47 Å². The SMILES string of the molecule is CC(C)(C)OCc1ccccc1OC(F)F. The van der Waals surface area contributed by atoms with Gasteiger partial charge in [0.15, 0.2) is 0 Å². The molecule has 0 aromatic heterocycles. The van der Waals surface area contributed by atoms with Gasteiger partial charge in [0, 0.05) is 5.56 Å². The molecule has 0 unspecified atom stereocenters. The molecule has 2 nitrogen and oxygen atoms in total. The fourth-order valence-electron chi connectivity index (χ4n) is 1.13. The van der Waals surface area contributed by atoms with Crippen molar-refractivity contribution in [3.8, 4) is 5.75 Å². The molecule has 90 valence electrons. The molecule has 0 atom stereocenters. The molecule has 1 aromatic rings. The van der Waals surface area contributed by atoms with E-state index >= 15 is 0 Å². The first-order valence-electron chi connectivity index (χ1n) is 5.05. The normalized spacial score (nSPS) is 11.9. The van der Waals surface area contributed by atoms with Crippen LogP contribution in [0.2, 0.25) is 0 Å². The van der Waals surface area contributed by atoms with Crippen LogP contribution in [0.15, 0.2) is 24.3 Å². The van der Waals surface area contributed by atoms with E-state index < -0.39 is 6.61 Å². The van der Waals surface area contributed by atoms with Gasteiger partial charge in [0.2, 0.25) is 0 Å². The third-order valence-electron chi connectivity index (χ3n) is 1.85. The minimum Gasteiger partial charge on any atom is -0.434 e. The van der Waals surface area contributed by atoms with Crippen LogP contribution in [0.1, 0.15) is 26.3 Å². The number of para-hydroxylation sites is 1. The predicted molar refractivity (Wildman–Crippen MR) is 57.6 cm³/mol. The van der Waals surface area contributed by atoms with Gasteiger partial charge in [-0.05, 0) is 26.8 Å². The highest BCUT2D eigenvalue weighted by Gasteiger charge is 2.13. The maximum atomic E-state index is 12.1. The molecule has 1 aromatic carbocycles. The molecule has 0 heterocycles. The van der Waals surface area contributed by atoms with Crippen molar-refractivity contribution in [2.24, 2.45) is 0 Å². The summed E-state index contributed by atoms with van der Waals surface area (Å²) in [4.78, 5) is 0. The smallest absolute Gasteiger partial charge is 0.387 e. The van der Waals surface area contributed by atoms with Crippen molar-refractivity contribution in [1.29, 1.82) is 0 Å². The van der Waals surface area contributed by atoms with Gasteiger partial charge in [-0.2, -0.15) is 8.78 Å². The van der Waals surface area contributed by atoms with Crippen LogP contribution in [0.4, 0.5) is 8.78 Å². The average molecular weight is 230 g/mol. The highest BCUT2D eigenvalue weighted by molar-refractivity contribution is 5.32. The monoisotopic (exact) mass is 230 g/mol. The molecule has 1 rings (SSSR count). The zero-order valence-electron chi connectivity index (χ0n) is 9.67. The van der Waals surface area contributed by atoms with Crippen molar-refractivity contribution in [3.63, 3.8) is 0 Å². The summed E-state index contributed by atoms with van der Waals surface area (Å²) in [5, 5.41) is 0. The van der Waals surface area contributed by atoms with Crippen molar-refractivity contribution in [1.82, 2.24) is 0 Å². The fraction of sp³-hybridized carbons (Fsp3) is 0.500. The Hall–Kier alpha value is -1.16. The Kier molecular flexibility index (Phi) is 4.24. The Labute approximate surface area is 94.2 Å². The van der Waals surface area contributed by atoms with Gasteiger partial charge in [-0.1, -0.05) is 18.2 Å². The molecule has 0 amide bonds. The van der Waals surface area contributed by atoms with Gasteiger partial charge in [0.1, 0.15) is 5.75 Å². The van der Waals surface area contributed by atoms with Crippen LogP contribution in [-0.2, 0) is 11.3 Å². The summed E-state index contributed by atoms with van der Waals surface area (Å²) in [6.07, 6.45) is 0. The Bertz CT molecular complexity index is 332. The molecule has 0 aliphatic rings. The van der Waals surface area contributed by atoms with Crippen LogP contribution in [-0.4, -0.2) is 12.2 Å². The van der Waals surface area contributed by atoms with E-state index in [1.54, 1.807) is 18.2 Å². The van der Waals surface area contributed by atoms with Gasteiger partial charge >= 0.3 is 6.61 Å². The number of hydrogen-bond donors (Lipinski definition) is 0. The summed E-state index contributed by atoms with van der Waals surface area (Å²) in [7, 11) is 0. The highest BCUT2D eigenvalue weighted by Crippen LogP contribution is 2.22. The number of benzene rings is 1. The summed E-state index contributed by atoms with van der Waals surface area (Å²) in [6.45, 7) is 3.17. The second kappa shape index (κ2) is 5.25. The van der Waals surface area contributed by atoms with E-state index in [2.05, 4.69) is 4.74 Å². The van der Waals surface area contributed by atoms with Gasteiger partial charge in [0.05, 0.1) is 12.2 Å². The number of alkyl halides is 2. The van der Waals surface area contributed by atoms with Crippen molar-refractivity contribution in [3.05, 3.63) is 29.8 Å². The molecule has 0 N–H and O–H groups in total. The molecule has 16 heavy (non-hydrogen) atoms. The van der Waals surface area contributed by atoms with Crippen molar-refractivity contribution in [2.75, 3.05) is 0 Å². The lowest BCUT2D eigenvalue weighted by molar-refractivity contribution is -0.0541. The summed E-state index contributed by atoms with van der Waals surface area (Å²) >= 11 is 0. The van der Waals surface area contributed by atoms with E-state index in [9.17, 15) is 8.78 Å². The van der Waals surface area contributed by atoms with Gasteiger partial charge in [-0.25, -0.2) is 0 Å². The first-order chi connectivity index (χ1) is 7.38. The average Bonchev–Trinajstić information content (AvgIpc) is 2.14. The first-order valence-corrected chi connectivity index (χ1v) is 5.05. The Morgan fingerprint density at radius 3 is 2.38 bits per heavy atom. The van der Waals surface area contributed by atoms with E-state index in [0.717, 1.165) is 0 Å². The lowest BCUT2D eigenvalue weighted by atomic mass is 10.1. The van der Waals surface area contributed by atoms with Gasteiger partial charge in [-0.3, -0.25) is 0 Å². The number of hydrogen-bond acceptors (Lipinski definition) is 2. The molecule has 0 fully saturated rings. The Morgan fingerprint density at radius 2 is 1.81 bits per heavy atom. The maximum absolute atomic E-state index is 12.1. The summed E-state index contributed by atoms with van der Waals surface area (Å²) in [6, 6.07) is 6.63. The molecule has 0 saturated heterocycles. The molecule has 0 aliphatic carbocycles. The van der Waals surface area contributed by atoms with E-state index in [1.165, 1.54) is 6.07 Å². The number of rotatable bonds is 4. The van der Waals surface area contributed by atoms with Gasteiger partial charge in [0.25, 0.3) is 0 Å². The van der Waals surface area contributed by atoms with E-state index in [1.807, 2.05) is 20.8 Å². The molecular formula is C12H16F2O2. The predicted octanol–water partition coefficient (Wildman–Crippen LogP) is 3.60. The minimum absolute atomic E-state index is 0.168. The standard InChI is InChI=1S/C12H16F2O2/c1-12(2,3)15-8-9-6-4-5-7-10(9)16-11(13)14/h4-7,11H,8H2,1-3H3. The van der Waals surface area contributed by atoms with Gasteiger partial charge in [-0.15, -0.1) is 0 Å². The van der Waals surface area contributed by atoms with Crippen LogP contribution in [0.5, 0.6) is 5.75 Å². The van der Waals surface area contributed by atoms with E-state index in [0.29, 0.717) is 5.56 Å². The maximum Gasteiger partial charge on any atom is 0.387 e. The van der Waals surface area contributed by atoms with Crippen molar-refractivity contribution < 1.29 is 18.3 Å². The highest BCUT2D eigenvalue weighted by atomic mass is 19.3. The zero-order chi connectivity index (χ0) is 12.2. The van der Waals surface area contributed by atoms with Crippen LogP contribution >= 0.6 is 0 Å². The second-order valence-corrected chi connectivity index (χ2v) is 4.39. The number of ether oxygens (including phenoxy) is 2. The van der Waals surface area contributed by atoms with Crippen LogP contribution in [0, 0.1) is 0 Å². The molecule has 0 saturated carbocycles. The first kappa shape index (κ1) is 12.9. The molecule has 4 heteroatoms. The number of halogens is 2. The molecule has 0 bridgehead atoms. The zero-order valence-corrected chi connectivity index (χ0v) is 9.67. The molecule has 0 radical (unpaired) electrons. The van der Waals surface area contributed by atoms with Crippen molar-refractivity contribution in [2.45, 2.75) is 39.6 Å². The molecular weight excluding hydrogens is 214 g/mol. The Balaban J connectivity index is 2.71. The quantitative estimate of drug-likeness (QED) is 0.786. The lowest BCUT2D eigenvalue weighted by Gasteiger charge is -2.20. The van der Waals surface area contributed by atoms with E-state index in [-0.39, 0.29) is 18.0 Å². The summed E-state index contributed by atoms with van der Waals surface area (Å²) in [5.41, 5.74) is 0.315. The van der Waals surface area contributed by atoms with E-state index in [4.69, 9.17) is 4.74 Å². The minimum atomic E-state index is -2.81. The van der Waals surface area contributed by atoms with Crippen LogP contribution in [0.3, 0.4) is 0 Å². The topological polar surface area (TPSA) is 18.5 Å². The summed E-state index contributed by atoms with van der Waals surface area (Å²) in [5.74, 6) is 0.168. The lowest BCUT2D eigenvalue weighted by Crippen LogP contribution is -2.19. The van der Waals surface area contributed by atoms with Crippen LogP contribution < -0.4 is 4.74 Å². The third kappa shape index (κ3) is 4.57. The third-order valence-corrected chi connectivity index (χ3v) is 1.85.